The third kappa shape index (κ3) is 2.98. The number of aliphatic carboxylic acids is 1. The molecule has 0 aliphatic rings. The Hall–Kier alpha value is -2.68. The number of ketones is 1. The van der Waals surface area contributed by atoms with Gasteiger partial charge < -0.3 is 5.11 Å². The zero-order chi connectivity index (χ0) is 16.3. The SMILES string of the molecule is C=C(C(=O)c1ccc(-c2ccccc2)cc1)C(C)(C)C(=O)O. The topological polar surface area (TPSA) is 54.4 Å². The molecule has 0 saturated heterocycles. The van der Waals surface area contributed by atoms with Crippen molar-refractivity contribution in [3.63, 3.8) is 0 Å². The van der Waals surface area contributed by atoms with E-state index in [4.69, 9.17) is 0 Å². The first-order chi connectivity index (χ1) is 10.3. The van der Waals surface area contributed by atoms with Crippen LogP contribution in [0.25, 0.3) is 11.1 Å². The van der Waals surface area contributed by atoms with Gasteiger partial charge in [0.25, 0.3) is 0 Å². The second-order valence-electron chi connectivity index (χ2n) is 5.68. The summed E-state index contributed by atoms with van der Waals surface area (Å²) in [5, 5.41) is 9.19. The van der Waals surface area contributed by atoms with Gasteiger partial charge >= 0.3 is 5.97 Å². The fraction of sp³-hybridized carbons (Fsp3) is 0.158. The monoisotopic (exact) mass is 294 g/mol. The van der Waals surface area contributed by atoms with Crippen LogP contribution in [-0.2, 0) is 4.79 Å². The van der Waals surface area contributed by atoms with Crippen LogP contribution in [0, 0.1) is 5.41 Å². The highest BCUT2D eigenvalue weighted by molar-refractivity contribution is 6.12. The first kappa shape index (κ1) is 15.7. The van der Waals surface area contributed by atoms with Crippen LogP contribution in [-0.4, -0.2) is 16.9 Å². The third-order valence-corrected chi connectivity index (χ3v) is 3.82. The first-order valence-electron chi connectivity index (χ1n) is 6.97. The van der Waals surface area contributed by atoms with Crippen LogP contribution in [0.1, 0.15) is 24.2 Å². The van der Waals surface area contributed by atoms with Gasteiger partial charge in [-0.15, -0.1) is 0 Å². The molecule has 3 nitrogen and oxygen atoms in total. The number of Topliss-reactive ketones (excluding diaryl/α,β-unsaturated/α-hetero) is 1. The summed E-state index contributed by atoms with van der Waals surface area (Å²) in [6.07, 6.45) is 0. The van der Waals surface area contributed by atoms with Crippen LogP contribution in [0.4, 0.5) is 0 Å². The van der Waals surface area contributed by atoms with E-state index >= 15 is 0 Å². The van der Waals surface area contributed by atoms with Crippen molar-refractivity contribution in [1.29, 1.82) is 0 Å². The average molecular weight is 294 g/mol. The quantitative estimate of drug-likeness (QED) is 0.664. The van der Waals surface area contributed by atoms with Gasteiger partial charge in [-0.1, -0.05) is 61.2 Å². The summed E-state index contributed by atoms with van der Waals surface area (Å²) in [5.41, 5.74) is 1.30. The Morgan fingerprint density at radius 2 is 1.41 bits per heavy atom. The van der Waals surface area contributed by atoms with Gasteiger partial charge in [0.2, 0.25) is 0 Å². The molecule has 0 aromatic heterocycles. The van der Waals surface area contributed by atoms with E-state index in [1.54, 1.807) is 12.1 Å². The molecule has 0 aliphatic carbocycles. The minimum absolute atomic E-state index is 0.0764. The molecule has 0 aliphatic heterocycles. The maximum Gasteiger partial charge on any atom is 0.313 e. The standard InChI is InChI=1S/C19H18O3/c1-13(19(2,3)18(21)22)17(20)16-11-9-15(10-12-16)14-7-5-4-6-8-14/h4-12H,1H2,2-3H3,(H,21,22). The number of carbonyl (C=O) groups is 2. The second-order valence-corrected chi connectivity index (χ2v) is 5.68. The molecule has 2 aromatic rings. The van der Waals surface area contributed by atoms with Crippen molar-refractivity contribution in [3.05, 3.63) is 72.3 Å². The molecule has 0 amide bonds. The van der Waals surface area contributed by atoms with Gasteiger partial charge in [-0.05, 0) is 25.0 Å². The Bertz CT molecular complexity index is 710. The predicted octanol–water partition coefficient (Wildman–Crippen LogP) is 4.20. The van der Waals surface area contributed by atoms with Crippen LogP contribution >= 0.6 is 0 Å². The molecule has 0 fully saturated rings. The summed E-state index contributed by atoms with van der Waals surface area (Å²) in [7, 11) is 0. The van der Waals surface area contributed by atoms with Crippen molar-refractivity contribution in [2.24, 2.45) is 5.41 Å². The largest absolute Gasteiger partial charge is 0.481 e. The normalized spacial score (nSPS) is 11.0. The molecule has 3 heteroatoms. The van der Waals surface area contributed by atoms with Gasteiger partial charge in [0, 0.05) is 11.1 Å². The molecule has 0 heterocycles. The molecule has 0 bridgehead atoms. The summed E-state index contributed by atoms with van der Waals surface area (Å²) in [5.74, 6) is -1.40. The highest BCUT2D eigenvalue weighted by atomic mass is 16.4. The van der Waals surface area contributed by atoms with Crippen molar-refractivity contribution in [3.8, 4) is 11.1 Å². The summed E-state index contributed by atoms with van der Waals surface area (Å²) in [4.78, 5) is 23.6. The van der Waals surface area contributed by atoms with E-state index in [9.17, 15) is 14.7 Å². The van der Waals surface area contributed by atoms with Gasteiger partial charge in [0.15, 0.2) is 5.78 Å². The second kappa shape index (κ2) is 5.98. The van der Waals surface area contributed by atoms with Crippen LogP contribution < -0.4 is 0 Å². The summed E-state index contributed by atoms with van der Waals surface area (Å²) in [6, 6.07) is 16.9. The first-order valence-corrected chi connectivity index (χ1v) is 6.97. The Morgan fingerprint density at radius 3 is 1.91 bits per heavy atom. The van der Waals surface area contributed by atoms with E-state index in [0.29, 0.717) is 5.56 Å². The smallest absolute Gasteiger partial charge is 0.313 e. The Kier molecular flexibility index (Phi) is 4.27. The molecule has 22 heavy (non-hydrogen) atoms. The van der Waals surface area contributed by atoms with E-state index in [1.165, 1.54) is 13.8 Å². The minimum Gasteiger partial charge on any atom is -0.481 e. The summed E-state index contributed by atoms with van der Waals surface area (Å²) < 4.78 is 0. The fourth-order valence-electron chi connectivity index (χ4n) is 2.03. The lowest BCUT2D eigenvalue weighted by molar-refractivity contribution is -0.144. The minimum atomic E-state index is -1.28. The summed E-state index contributed by atoms with van der Waals surface area (Å²) >= 11 is 0. The van der Waals surface area contributed by atoms with E-state index < -0.39 is 11.4 Å². The van der Waals surface area contributed by atoms with Crippen molar-refractivity contribution in [1.82, 2.24) is 0 Å². The lowest BCUT2D eigenvalue weighted by Crippen LogP contribution is -2.29. The molecule has 0 atom stereocenters. The Balaban J connectivity index is 2.26. The van der Waals surface area contributed by atoms with E-state index in [1.807, 2.05) is 42.5 Å². The molecule has 2 rings (SSSR count). The van der Waals surface area contributed by atoms with Crippen molar-refractivity contribution in [2.45, 2.75) is 13.8 Å². The lowest BCUT2D eigenvalue weighted by atomic mass is 9.81. The molecule has 0 unspecified atom stereocenters. The van der Waals surface area contributed by atoms with Crippen LogP contribution in [0.15, 0.2) is 66.7 Å². The number of hydrogen-bond acceptors (Lipinski definition) is 2. The van der Waals surface area contributed by atoms with Crippen molar-refractivity contribution < 1.29 is 14.7 Å². The molecular weight excluding hydrogens is 276 g/mol. The fourth-order valence-corrected chi connectivity index (χ4v) is 2.03. The number of rotatable bonds is 5. The zero-order valence-electron chi connectivity index (χ0n) is 12.7. The zero-order valence-corrected chi connectivity index (χ0v) is 12.7. The van der Waals surface area contributed by atoms with Gasteiger partial charge in [-0.25, -0.2) is 0 Å². The lowest BCUT2D eigenvalue weighted by Gasteiger charge is -2.21. The number of hydrogen-bond donors (Lipinski definition) is 1. The highest BCUT2D eigenvalue weighted by Gasteiger charge is 2.34. The third-order valence-electron chi connectivity index (χ3n) is 3.82. The van der Waals surface area contributed by atoms with E-state index in [-0.39, 0.29) is 11.4 Å². The predicted molar refractivity (Wildman–Crippen MR) is 86.8 cm³/mol. The van der Waals surface area contributed by atoms with E-state index in [0.717, 1.165) is 11.1 Å². The number of carboxylic acid groups (broad SMARTS) is 1. The Labute approximate surface area is 129 Å². The Morgan fingerprint density at radius 1 is 0.909 bits per heavy atom. The molecule has 0 spiro atoms. The van der Waals surface area contributed by atoms with Gasteiger partial charge in [-0.3, -0.25) is 9.59 Å². The number of carboxylic acids is 1. The average Bonchev–Trinajstić information content (AvgIpc) is 2.54. The molecule has 2 aromatic carbocycles. The number of carbonyl (C=O) groups excluding carboxylic acids is 1. The highest BCUT2D eigenvalue weighted by Crippen LogP contribution is 2.29. The van der Waals surface area contributed by atoms with E-state index in [2.05, 4.69) is 6.58 Å². The maximum absolute atomic E-state index is 12.4. The summed E-state index contributed by atoms with van der Waals surface area (Å²) in [6.45, 7) is 6.63. The van der Waals surface area contributed by atoms with Gasteiger partial charge in [-0.2, -0.15) is 0 Å². The molecule has 1 N–H and O–H groups in total. The van der Waals surface area contributed by atoms with Crippen molar-refractivity contribution >= 4 is 11.8 Å². The molecular formula is C19H18O3. The molecule has 0 saturated carbocycles. The van der Waals surface area contributed by atoms with Crippen LogP contribution in [0.5, 0.6) is 0 Å². The van der Waals surface area contributed by atoms with Gasteiger partial charge in [0.05, 0.1) is 5.41 Å². The number of benzene rings is 2. The van der Waals surface area contributed by atoms with Crippen molar-refractivity contribution in [2.75, 3.05) is 0 Å². The molecule has 0 radical (unpaired) electrons. The van der Waals surface area contributed by atoms with Gasteiger partial charge in [0.1, 0.15) is 0 Å². The molecule has 112 valence electrons. The van der Waals surface area contributed by atoms with Crippen LogP contribution in [0.2, 0.25) is 0 Å². The maximum atomic E-state index is 12.4. The van der Waals surface area contributed by atoms with Crippen LogP contribution in [0.3, 0.4) is 0 Å².